The maximum Gasteiger partial charge on any atom is 0.333 e. The summed E-state index contributed by atoms with van der Waals surface area (Å²) in [5.41, 5.74) is 6.29. The van der Waals surface area contributed by atoms with E-state index in [4.69, 9.17) is 9.47 Å². The zero-order chi connectivity index (χ0) is 25.4. The number of ether oxygens (including phenoxy) is 2. The molecule has 13 heteroatoms. The van der Waals surface area contributed by atoms with E-state index in [1.165, 1.54) is 11.3 Å². The number of urea groups is 1. The number of aromatic nitrogens is 2. The Morgan fingerprint density at radius 3 is 2.73 bits per heavy atom. The second kappa shape index (κ2) is 10.0. The number of thiophene rings is 1. The van der Waals surface area contributed by atoms with Crippen molar-refractivity contribution in [1.29, 1.82) is 0 Å². The lowest BCUT2D eigenvalue weighted by Gasteiger charge is -2.27. The molecule has 0 radical (unpaired) electrons. The molecule has 0 saturated carbocycles. The summed E-state index contributed by atoms with van der Waals surface area (Å²) in [6, 6.07) is 6.21. The Balaban J connectivity index is 1.24. The maximum absolute atomic E-state index is 13.7. The first kappa shape index (κ1) is 23.8. The third kappa shape index (κ3) is 4.51. The fourth-order valence-electron chi connectivity index (χ4n) is 4.67. The van der Waals surface area contributed by atoms with Crippen LogP contribution in [0.5, 0.6) is 0 Å². The number of H-pyrrole nitrogens is 1. The van der Waals surface area contributed by atoms with E-state index in [1.807, 2.05) is 11.4 Å². The molecule has 6 rings (SSSR count). The maximum atomic E-state index is 13.7. The molecule has 3 amide bonds. The van der Waals surface area contributed by atoms with Gasteiger partial charge in [0.05, 0.1) is 59.5 Å². The quantitative estimate of drug-likeness (QED) is 0.265. The van der Waals surface area contributed by atoms with E-state index in [1.54, 1.807) is 23.2 Å². The van der Waals surface area contributed by atoms with Gasteiger partial charge in [-0.25, -0.2) is 9.80 Å². The minimum atomic E-state index is -0.450. The van der Waals surface area contributed by atoms with E-state index in [2.05, 4.69) is 31.6 Å². The van der Waals surface area contributed by atoms with E-state index >= 15 is 0 Å². The summed E-state index contributed by atoms with van der Waals surface area (Å²) in [6.45, 7) is 3.73. The molecule has 2 saturated heterocycles. The van der Waals surface area contributed by atoms with Crippen molar-refractivity contribution >= 4 is 40.4 Å². The Kier molecular flexibility index (Phi) is 6.44. The van der Waals surface area contributed by atoms with Crippen molar-refractivity contribution in [3.8, 4) is 21.8 Å². The number of ketones is 1. The van der Waals surface area contributed by atoms with Crippen molar-refractivity contribution in [1.82, 2.24) is 25.9 Å². The molecular formula is C24H25N7O5S. The van der Waals surface area contributed by atoms with Crippen LogP contribution >= 0.6 is 11.3 Å². The summed E-state index contributed by atoms with van der Waals surface area (Å²) >= 11 is 1.38. The van der Waals surface area contributed by atoms with Crippen LogP contribution in [-0.2, 0) is 14.3 Å². The number of fused-ring (bicyclic) bond motifs is 3. The number of hydrogen-bond donors (Lipinski definition) is 5. The average molecular weight is 524 g/mol. The number of hydrazine groups is 1. The Morgan fingerprint density at radius 1 is 1.05 bits per heavy atom. The van der Waals surface area contributed by atoms with E-state index in [0.717, 1.165) is 0 Å². The summed E-state index contributed by atoms with van der Waals surface area (Å²) in [5.74, 6) is -0.456. The van der Waals surface area contributed by atoms with Gasteiger partial charge in [-0.15, -0.1) is 11.3 Å². The molecule has 1 atom stereocenters. The number of aromatic amines is 1. The lowest BCUT2D eigenvalue weighted by atomic mass is 10.1. The van der Waals surface area contributed by atoms with Gasteiger partial charge in [0.1, 0.15) is 11.7 Å². The van der Waals surface area contributed by atoms with Crippen molar-refractivity contribution in [3.63, 3.8) is 0 Å². The van der Waals surface area contributed by atoms with Crippen LogP contribution in [0.2, 0.25) is 0 Å². The predicted octanol–water partition coefficient (Wildman–Crippen LogP) is 1.65. The Morgan fingerprint density at radius 2 is 1.92 bits per heavy atom. The Hall–Kier alpha value is -3.62. The van der Waals surface area contributed by atoms with Crippen molar-refractivity contribution < 1.29 is 23.9 Å². The molecule has 2 aliphatic heterocycles. The highest BCUT2D eigenvalue weighted by Crippen LogP contribution is 2.45. The minimum Gasteiger partial charge on any atom is -0.379 e. The molecule has 4 heterocycles. The van der Waals surface area contributed by atoms with Gasteiger partial charge in [0.25, 0.3) is 0 Å². The number of carbonyl (C=O) groups is 3. The van der Waals surface area contributed by atoms with Crippen LogP contribution in [0.15, 0.2) is 29.6 Å². The molecule has 0 bridgehead atoms. The zero-order valence-corrected chi connectivity index (χ0v) is 20.6. The van der Waals surface area contributed by atoms with E-state index in [0.29, 0.717) is 90.4 Å². The van der Waals surface area contributed by atoms with Gasteiger partial charge >= 0.3 is 6.03 Å². The van der Waals surface area contributed by atoms with E-state index < -0.39 is 12.1 Å². The standard InChI is InChI=1S/C24H25N7O5S/c32-21-17-13(2-1-3-14(17)27-24(34)30-31-6-9-35-10-7-31)19-18(21)20(29-28-19)22-15(4-11-37-22)26-23(33)16-12-36-8-5-25-16/h1-4,11,16,25H,5-10,12H2,(H,26,33)(H,28,29)(H2,27,30,34). The number of nitrogens with zero attached hydrogens (tertiary/aromatic N) is 2. The number of anilines is 2. The number of carbonyl (C=O) groups excluding carboxylic acids is 3. The van der Waals surface area contributed by atoms with Gasteiger partial charge in [0.15, 0.2) is 5.78 Å². The van der Waals surface area contributed by atoms with Gasteiger partial charge in [0, 0.05) is 25.2 Å². The monoisotopic (exact) mass is 523 g/mol. The van der Waals surface area contributed by atoms with Gasteiger partial charge in [-0.2, -0.15) is 5.10 Å². The normalized spacial score (nSPS) is 19.2. The molecule has 3 aromatic rings. The zero-order valence-electron chi connectivity index (χ0n) is 19.8. The summed E-state index contributed by atoms with van der Waals surface area (Å²) in [7, 11) is 0. The lowest BCUT2D eigenvalue weighted by molar-refractivity contribution is -0.120. The molecule has 2 fully saturated rings. The number of rotatable bonds is 5. The first-order valence-electron chi connectivity index (χ1n) is 12.0. The van der Waals surface area contributed by atoms with Crippen LogP contribution in [0.4, 0.5) is 16.2 Å². The molecule has 3 aliphatic rings. The second-order valence-electron chi connectivity index (χ2n) is 8.78. The predicted molar refractivity (Wildman–Crippen MR) is 137 cm³/mol. The van der Waals surface area contributed by atoms with Crippen LogP contribution in [0, 0.1) is 0 Å². The molecule has 1 unspecified atom stereocenters. The Bertz CT molecular complexity index is 1360. The summed E-state index contributed by atoms with van der Waals surface area (Å²) < 4.78 is 10.7. The molecule has 5 N–H and O–H groups in total. The van der Waals surface area contributed by atoms with Crippen LogP contribution in [-0.4, -0.2) is 85.0 Å². The molecule has 0 spiro atoms. The van der Waals surface area contributed by atoms with Gasteiger partial charge in [-0.05, 0) is 17.5 Å². The fourth-order valence-corrected chi connectivity index (χ4v) is 5.52. The van der Waals surface area contributed by atoms with Gasteiger partial charge in [0.2, 0.25) is 5.91 Å². The SMILES string of the molecule is O=C(Nc1cccc2c1C(=O)c1c(-c3sccc3NC(=O)C3COCCN3)n[nH]c1-2)NN1CCOCC1. The molecule has 12 nitrogen and oxygen atoms in total. The van der Waals surface area contributed by atoms with Gasteiger partial charge in [-0.3, -0.25) is 20.1 Å². The number of nitrogens with one attached hydrogen (secondary N) is 5. The van der Waals surface area contributed by atoms with Crippen molar-refractivity contribution in [2.45, 2.75) is 6.04 Å². The second-order valence-corrected chi connectivity index (χ2v) is 9.70. The summed E-state index contributed by atoms with van der Waals surface area (Å²) in [4.78, 5) is 39.7. The van der Waals surface area contributed by atoms with E-state index in [-0.39, 0.29) is 11.7 Å². The highest BCUT2D eigenvalue weighted by molar-refractivity contribution is 7.14. The smallest absolute Gasteiger partial charge is 0.333 e. The third-order valence-corrected chi connectivity index (χ3v) is 7.37. The minimum absolute atomic E-state index is 0.209. The highest BCUT2D eigenvalue weighted by atomic mass is 32.1. The Labute approximate surface area is 215 Å². The summed E-state index contributed by atoms with van der Waals surface area (Å²) in [5, 5.41) is 19.9. The van der Waals surface area contributed by atoms with Crippen LogP contribution in [0.25, 0.3) is 21.8 Å². The first-order chi connectivity index (χ1) is 18.1. The van der Waals surface area contributed by atoms with Crippen molar-refractivity contribution in [2.24, 2.45) is 0 Å². The highest BCUT2D eigenvalue weighted by Gasteiger charge is 2.36. The van der Waals surface area contributed by atoms with Crippen LogP contribution in [0.3, 0.4) is 0 Å². The number of benzene rings is 1. The fraction of sp³-hybridized carbons (Fsp3) is 0.333. The van der Waals surface area contributed by atoms with Gasteiger partial charge in [-0.1, -0.05) is 12.1 Å². The molecule has 37 heavy (non-hydrogen) atoms. The van der Waals surface area contributed by atoms with Crippen LogP contribution < -0.4 is 21.4 Å². The number of amides is 3. The molecular weight excluding hydrogens is 498 g/mol. The first-order valence-corrected chi connectivity index (χ1v) is 12.8. The van der Waals surface area contributed by atoms with Gasteiger partial charge < -0.3 is 25.4 Å². The summed E-state index contributed by atoms with van der Waals surface area (Å²) in [6.07, 6.45) is 0. The largest absolute Gasteiger partial charge is 0.379 e. The molecule has 1 aliphatic carbocycles. The topological polar surface area (TPSA) is 150 Å². The van der Waals surface area contributed by atoms with Crippen LogP contribution in [0.1, 0.15) is 15.9 Å². The average Bonchev–Trinajstić information content (AvgIpc) is 3.62. The molecule has 2 aromatic heterocycles. The van der Waals surface area contributed by atoms with E-state index in [9.17, 15) is 14.4 Å². The lowest BCUT2D eigenvalue weighted by Crippen LogP contribution is -2.49. The molecule has 192 valence electrons. The van der Waals surface area contributed by atoms with Crippen molar-refractivity contribution in [2.75, 3.05) is 56.7 Å². The van der Waals surface area contributed by atoms with Crippen molar-refractivity contribution in [3.05, 3.63) is 40.8 Å². The number of hydrogen-bond acceptors (Lipinski definition) is 9. The number of morpholine rings is 2. The molecule has 1 aromatic carbocycles. The third-order valence-electron chi connectivity index (χ3n) is 6.45.